The Bertz CT molecular complexity index is 721. The maximum absolute atomic E-state index is 13.6. The quantitative estimate of drug-likeness (QED) is 0.900. The summed E-state index contributed by atoms with van der Waals surface area (Å²) in [5.74, 6) is -2.84. The molecule has 0 bridgehead atoms. The summed E-state index contributed by atoms with van der Waals surface area (Å²) in [7, 11) is -4.30. The van der Waals surface area contributed by atoms with Gasteiger partial charge in [-0.2, -0.15) is 0 Å². The highest BCUT2D eigenvalue weighted by Crippen LogP contribution is 2.22. The number of anilines is 1. The first-order valence-corrected chi connectivity index (χ1v) is 6.94. The molecule has 0 unspecified atom stereocenters. The van der Waals surface area contributed by atoms with Crippen LogP contribution in [0.2, 0.25) is 0 Å². The molecule has 0 spiro atoms. The smallest absolute Gasteiger partial charge is 0.264 e. The predicted octanol–water partition coefficient (Wildman–Crippen LogP) is 1.65. The van der Waals surface area contributed by atoms with E-state index in [1.807, 2.05) is 0 Å². The molecule has 0 fully saturated rings. The number of nitrogens with one attached hydrogen (secondary N) is 1. The van der Waals surface area contributed by atoms with Crippen molar-refractivity contribution in [1.29, 1.82) is 0 Å². The van der Waals surface area contributed by atoms with Gasteiger partial charge in [0.25, 0.3) is 10.0 Å². The summed E-state index contributed by atoms with van der Waals surface area (Å²) in [4.78, 5) is 2.84. The molecule has 0 atom stereocenters. The third kappa shape index (κ3) is 2.91. The van der Waals surface area contributed by atoms with Crippen molar-refractivity contribution in [3.8, 4) is 0 Å². The van der Waals surface area contributed by atoms with E-state index in [9.17, 15) is 17.2 Å². The van der Waals surface area contributed by atoms with Gasteiger partial charge in [0.1, 0.15) is 4.90 Å². The molecule has 0 saturated heterocycles. The highest BCUT2D eigenvalue weighted by Gasteiger charge is 2.23. The lowest BCUT2D eigenvalue weighted by Crippen LogP contribution is -2.16. The molecule has 0 aliphatic rings. The second-order valence-electron chi connectivity index (χ2n) is 3.89. The molecule has 2 rings (SSSR count). The average molecular weight is 300 g/mol. The number of pyridine rings is 1. The number of aliphatic hydroxyl groups excluding tert-OH is 1. The lowest BCUT2D eigenvalue weighted by atomic mass is 10.2. The summed E-state index contributed by atoms with van der Waals surface area (Å²) in [6.07, 6.45) is 2.69. The van der Waals surface area contributed by atoms with Crippen LogP contribution in [0.1, 0.15) is 5.56 Å². The van der Waals surface area contributed by atoms with Crippen molar-refractivity contribution in [3.05, 3.63) is 53.9 Å². The second-order valence-corrected chi connectivity index (χ2v) is 5.54. The van der Waals surface area contributed by atoms with Crippen molar-refractivity contribution < 1.29 is 22.3 Å². The molecule has 0 radical (unpaired) electrons. The fraction of sp³-hybridized carbons (Fsp3) is 0.0833. The predicted molar refractivity (Wildman–Crippen MR) is 67.3 cm³/mol. The van der Waals surface area contributed by atoms with E-state index in [4.69, 9.17) is 5.11 Å². The second kappa shape index (κ2) is 5.51. The minimum absolute atomic E-state index is 0.0426. The SMILES string of the molecule is O=S(=O)(Nc1ccncc1)c1cc(CO)cc(F)c1F. The topological polar surface area (TPSA) is 79.3 Å². The third-order valence-electron chi connectivity index (χ3n) is 2.46. The molecule has 0 saturated carbocycles. The molecule has 0 aliphatic heterocycles. The average Bonchev–Trinajstić information content (AvgIpc) is 2.42. The van der Waals surface area contributed by atoms with Crippen LogP contribution in [0.3, 0.4) is 0 Å². The van der Waals surface area contributed by atoms with Crippen molar-refractivity contribution in [3.63, 3.8) is 0 Å². The molecular weight excluding hydrogens is 290 g/mol. The first kappa shape index (κ1) is 14.4. The molecule has 2 N–H and O–H groups in total. The molecule has 8 heteroatoms. The van der Waals surface area contributed by atoms with Crippen molar-refractivity contribution >= 4 is 15.7 Å². The van der Waals surface area contributed by atoms with E-state index in [0.29, 0.717) is 0 Å². The Morgan fingerprint density at radius 2 is 1.85 bits per heavy atom. The zero-order chi connectivity index (χ0) is 14.8. The Morgan fingerprint density at radius 1 is 1.20 bits per heavy atom. The highest BCUT2D eigenvalue weighted by molar-refractivity contribution is 7.92. The van der Waals surface area contributed by atoms with Gasteiger partial charge in [-0.15, -0.1) is 0 Å². The van der Waals surface area contributed by atoms with Gasteiger partial charge in [-0.05, 0) is 29.8 Å². The van der Waals surface area contributed by atoms with Crippen molar-refractivity contribution in [2.24, 2.45) is 0 Å². The summed E-state index contributed by atoms with van der Waals surface area (Å²) in [6, 6.07) is 4.34. The van der Waals surface area contributed by atoms with Crippen LogP contribution >= 0.6 is 0 Å². The maximum atomic E-state index is 13.6. The van der Waals surface area contributed by atoms with Crippen molar-refractivity contribution in [1.82, 2.24) is 4.98 Å². The van der Waals surface area contributed by atoms with Crippen LogP contribution in [0.25, 0.3) is 0 Å². The number of aliphatic hydroxyl groups is 1. The van der Waals surface area contributed by atoms with E-state index in [2.05, 4.69) is 9.71 Å². The number of sulfonamides is 1. The molecule has 1 aromatic carbocycles. The fourth-order valence-corrected chi connectivity index (χ4v) is 2.73. The zero-order valence-corrected chi connectivity index (χ0v) is 10.9. The van der Waals surface area contributed by atoms with Gasteiger partial charge in [-0.25, -0.2) is 17.2 Å². The number of hydrogen-bond acceptors (Lipinski definition) is 4. The summed E-state index contributed by atoms with van der Waals surface area (Å²) in [5, 5.41) is 8.92. The van der Waals surface area contributed by atoms with E-state index >= 15 is 0 Å². The van der Waals surface area contributed by atoms with Gasteiger partial charge in [0.2, 0.25) is 0 Å². The van der Waals surface area contributed by atoms with Crippen LogP contribution in [-0.4, -0.2) is 18.5 Å². The van der Waals surface area contributed by atoms with Crippen molar-refractivity contribution in [2.45, 2.75) is 11.5 Å². The summed E-state index contributed by atoms with van der Waals surface area (Å²) >= 11 is 0. The summed E-state index contributed by atoms with van der Waals surface area (Å²) in [5.41, 5.74) is 0.119. The number of halogens is 2. The van der Waals surface area contributed by atoms with Crippen LogP contribution in [0.4, 0.5) is 14.5 Å². The first-order chi connectivity index (χ1) is 9.44. The number of hydrogen-bond donors (Lipinski definition) is 2. The highest BCUT2D eigenvalue weighted by atomic mass is 32.2. The monoisotopic (exact) mass is 300 g/mol. The van der Waals surface area contributed by atoms with Gasteiger partial charge in [-0.1, -0.05) is 0 Å². The Hall–Kier alpha value is -2.06. The van der Waals surface area contributed by atoms with Crippen molar-refractivity contribution in [2.75, 3.05) is 4.72 Å². The Balaban J connectivity index is 2.47. The van der Waals surface area contributed by atoms with Crippen LogP contribution in [-0.2, 0) is 16.6 Å². The van der Waals surface area contributed by atoms with Gasteiger partial charge in [-0.3, -0.25) is 9.71 Å². The summed E-state index contributed by atoms with van der Waals surface area (Å²) < 4.78 is 53.1. The Labute approximate surface area is 114 Å². The van der Waals surface area contributed by atoms with Gasteiger partial charge in [0, 0.05) is 12.4 Å². The molecule has 0 aliphatic carbocycles. The Morgan fingerprint density at radius 3 is 2.45 bits per heavy atom. The molecule has 5 nitrogen and oxygen atoms in total. The van der Waals surface area contributed by atoms with Gasteiger partial charge < -0.3 is 5.11 Å². The minimum Gasteiger partial charge on any atom is -0.392 e. The van der Waals surface area contributed by atoms with Gasteiger partial charge in [0.15, 0.2) is 11.6 Å². The lowest BCUT2D eigenvalue weighted by Gasteiger charge is -2.10. The number of rotatable bonds is 4. The van der Waals surface area contributed by atoms with E-state index in [-0.39, 0.29) is 11.3 Å². The van der Waals surface area contributed by atoms with Gasteiger partial charge >= 0.3 is 0 Å². The molecule has 1 aromatic heterocycles. The minimum atomic E-state index is -4.30. The molecule has 106 valence electrons. The standard InChI is InChI=1S/C12H10F2N2O3S/c13-10-5-8(7-17)6-11(12(10)14)20(18,19)16-9-1-3-15-4-2-9/h1-6,17H,7H2,(H,15,16). The zero-order valence-electron chi connectivity index (χ0n) is 10.0. The van der Waals surface area contributed by atoms with Gasteiger partial charge in [0.05, 0.1) is 12.3 Å². The number of nitrogens with zero attached hydrogens (tertiary/aromatic N) is 1. The van der Waals surface area contributed by atoms with Crippen LogP contribution in [0, 0.1) is 11.6 Å². The summed E-state index contributed by atoms with van der Waals surface area (Å²) in [6.45, 7) is -0.602. The fourth-order valence-electron chi connectivity index (χ4n) is 1.53. The maximum Gasteiger partial charge on any atom is 0.264 e. The molecule has 20 heavy (non-hydrogen) atoms. The van der Waals surface area contributed by atoms with E-state index < -0.39 is 33.2 Å². The molecule has 2 aromatic rings. The normalized spacial score (nSPS) is 11.3. The Kier molecular flexibility index (Phi) is 3.96. The number of aromatic nitrogens is 1. The third-order valence-corrected chi connectivity index (χ3v) is 3.84. The van der Waals surface area contributed by atoms with Crippen LogP contribution in [0.15, 0.2) is 41.6 Å². The van der Waals surface area contributed by atoms with E-state index in [0.717, 1.165) is 12.1 Å². The lowest BCUT2D eigenvalue weighted by molar-refractivity contribution is 0.280. The first-order valence-electron chi connectivity index (χ1n) is 5.45. The molecule has 0 amide bonds. The van der Waals surface area contributed by atoms with E-state index in [1.165, 1.54) is 24.5 Å². The largest absolute Gasteiger partial charge is 0.392 e. The van der Waals surface area contributed by atoms with Crippen LogP contribution in [0.5, 0.6) is 0 Å². The molecule has 1 heterocycles. The molecular formula is C12H10F2N2O3S. The number of benzene rings is 1. The van der Waals surface area contributed by atoms with E-state index in [1.54, 1.807) is 0 Å². The van der Waals surface area contributed by atoms with Crippen LogP contribution < -0.4 is 4.72 Å².